The number of amides is 1. The van der Waals surface area contributed by atoms with Crippen molar-refractivity contribution in [2.24, 2.45) is 11.8 Å². The highest BCUT2D eigenvalue weighted by Crippen LogP contribution is 2.26. The van der Waals surface area contributed by atoms with Gasteiger partial charge in [-0.05, 0) is 43.7 Å². The summed E-state index contributed by atoms with van der Waals surface area (Å²) in [6.07, 6.45) is 4.65. The summed E-state index contributed by atoms with van der Waals surface area (Å²) in [7, 11) is 0. The Kier molecular flexibility index (Phi) is 6.81. The predicted molar refractivity (Wildman–Crippen MR) is 116 cm³/mol. The fourth-order valence-electron chi connectivity index (χ4n) is 3.81. The first-order valence-electron chi connectivity index (χ1n) is 10.3. The number of nitrogens with zero attached hydrogens (tertiary/aromatic N) is 2. The van der Waals surface area contributed by atoms with Crippen LogP contribution in [0.4, 0.5) is 0 Å². The summed E-state index contributed by atoms with van der Waals surface area (Å²) in [5.41, 5.74) is 0.652. The van der Waals surface area contributed by atoms with Crippen LogP contribution in [0.15, 0.2) is 34.2 Å². The lowest BCUT2D eigenvalue weighted by molar-refractivity contribution is -0.121. The van der Waals surface area contributed by atoms with Crippen LogP contribution in [0.3, 0.4) is 0 Å². The van der Waals surface area contributed by atoms with E-state index < -0.39 is 0 Å². The first kappa shape index (κ1) is 20.9. The predicted octanol–water partition coefficient (Wildman–Crippen LogP) is 4.23. The van der Waals surface area contributed by atoms with Gasteiger partial charge in [-0.1, -0.05) is 57.5 Å². The molecule has 1 heterocycles. The van der Waals surface area contributed by atoms with E-state index in [2.05, 4.69) is 26.1 Å². The molecule has 2 aromatic rings. The molecule has 1 aliphatic rings. The third-order valence-electron chi connectivity index (χ3n) is 5.46. The molecule has 1 aromatic heterocycles. The van der Waals surface area contributed by atoms with Gasteiger partial charge in [-0.3, -0.25) is 14.2 Å². The maximum atomic E-state index is 13.0. The summed E-state index contributed by atoms with van der Waals surface area (Å²) in [4.78, 5) is 30.5. The van der Waals surface area contributed by atoms with Crippen molar-refractivity contribution >= 4 is 28.6 Å². The van der Waals surface area contributed by atoms with E-state index in [0.717, 1.165) is 6.42 Å². The van der Waals surface area contributed by atoms with E-state index in [1.54, 1.807) is 4.57 Å². The zero-order valence-corrected chi connectivity index (χ0v) is 18.1. The molecule has 0 saturated heterocycles. The number of carbonyl (C=O) groups is 1. The fraction of sp³-hybridized carbons (Fsp3) is 0.591. The summed E-state index contributed by atoms with van der Waals surface area (Å²) >= 11 is 1.38. The van der Waals surface area contributed by atoms with E-state index >= 15 is 0 Å². The van der Waals surface area contributed by atoms with Crippen molar-refractivity contribution in [2.45, 2.75) is 76.4 Å². The molecule has 152 valence electrons. The molecule has 3 rings (SSSR count). The Morgan fingerprint density at radius 1 is 1.25 bits per heavy atom. The normalized spacial score (nSPS) is 21.0. The van der Waals surface area contributed by atoms with Crippen molar-refractivity contribution in [1.82, 2.24) is 14.9 Å². The molecular formula is C22H31N3O2S. The van der Waals surface area contributed by atoms with Crippen LogP contribution in [0.1, 0.15) is 53.4 Å². The number of hydrogen-bond acceptors (Lipinski definition) is 4. The summed E-state index contributed by atoms with van der Waals surface area (Å²) in [6.45, 7) is 8.86. The minimum Gasteiger partial charge on any atom is -0.352 e. The second-order valence-electron chi connectivity index (χ2n) is 8.36. The van der Waals surface area contributed by atoms with Gasteiger partial charge in [0.25, 0.3) is 5.56 Å². The van der Waals surface area contributed by atoms with E-state index in [4.69, 9.17) is 4.98 Å². The highest BCUT2D eigenvalue weighted by atomic mass is 32.2. The van der Waals surface area contributed by atoms with E-state index in [9.17, 15) is 9.59 Å². The van der Waals surface area contributed by atoms with Crippen molar-refractivity contribution in [3.8, 4) is 0 Å². The number of carbonyl (C=O) groups excluding carboxylic acids is 1. The number of nitrogens with one attached hydrogen (secondary N) is 1. The number of aromatic nitrogens is 2. The van der Waals surface area contributed by atoms with Gasteiger partial charge in [0.05, 0.1) is 16.2 Å². The van der Waals surface area contributed by atoms with Crippen LogP contribution < -0.4 is 10.9 Å². The minimum absolute atomic E-state index is 0.0299. The van der Waals surface area contributed by atoms with Gasteiger partial charge < -0.3 is 5.32 Å². The molecule has 1 aromatic carbocycles. The highest BCUT2D eigenvalue weighted by molar-refractivity contribution is 8.00. The van der Waals surface area contributed by atoms with E-state index in [-0.39, 0.29) is 22.8 Å². The molecule has 0 unspecified atom stereocenters. The van der Waals surface area contributed by atoms with Gasteiger partial charge in [0.1, 0.15) is 0 Å². The average molecular weight is 402 g/mol. The lowest BCUT2D eigenvalue weighted by Gasteiger charge is -2.30. The zero-order chi connectivity index (χ0) is 20.3. The Morgan fingerprint density at radius 3 is 2.68 bits per heavy atom. The van der Waals surface area contributed by atoms with Gasteiger partial charge >= 0.3 is 0 Å². The van der Waals surface area contributed by atoms with Crippen LogP contribution in [0.2, 0.25) is 0 Å². The minimum atomic E-state index is -0.305. The monoisotopic (exact) mass is 401 g/mol. The SMILES string of the molecule is CC(C)Cn1c(S[C@H](C)C(=O)N[C@H]2CCCC[C@@H]2C)nc2ccccc2c1=O. The quantitative estimate of drug-likeness (QED) is 0.581. The largest absolute Gasteiger partial charge is 0.352 e. The molecule has 0 bridgehead atoms. The lowest BCUT2D eigenvalue weighted by Crippen LogP contribution is -2.44. The van der Waals surface area contributed by atoms with Crippen LogP contribution >= 0.6 is 11.8 Å². The van der Waals surface area contributed by atoms with Crippen molar-refractivity contribution in [2.75, 3.05) is 0 Å². The Balaban J connectivity index is 1.83. The van der Waals surface area contributed by atoms with E-state index in [1.165, 1.54) is 31.0 Å². The average Bonchev–Trinajstić information content (AvgIpc) is 2.66. The number of fused-ring (bicyclic) bond motifs is 1. The molecular weight excluding hydrogens is 370 g/mol. The molecule has 5 nitrogen and oxygen atoms in total. The maximum Gasteiger partial charge on any atom is 0.262 e. The molecule has 0 radical (unpaired) electrons. The number of hydrogen-bond donors (Lipinski definition) is 1. The highest BCUT2D eigenvalue weighted by Gasteiger charge is 2.26. The Labute approximate surface area is 171 Å². The molecule has 3 atom stereocenters. The van der Waals surface area contributed by atoms with Gasteiger partial charge in [-0.15, -0.1) is 0 Å². The fourth-order valence-corrected chi connectivity index (χ4v) is 4.73. The molecule has 1 amide bonds. The topological polar surface area (TPSA) is 64.0 Å². The maximum absolute atomic E-state index is 13.0. The smallest absolute Gasteiger partial charge is 0.262 e. The van der Waals surface area contributed by atoms with Crippen LogP contribution in [0.5, 0.6) is 0 Å². The van der Waals surface area contributed by atoms with Crippen LogP contribution in [0, 0.1) is 11.8 Å². The molecule has 1 aliphatic carbocycles. The standard InChI is InChI=1S/C22H31N3O2S/c1-14(2)13-25-21(27)17-10-6-8-12-19(17)24-22(25)28-16(4)20(26)23-18-11-7-5-9-15(18)3/h6,8,10,12,14-16,18H,5,7,9,11,13H2,1-4H3,(H,23,26)/t15-,16+,18-/m0/s1. The van der Waals surface area contributed by atoms with Crippen molar-refractivity contribution in [3.05, 3.63) is 34.6 Å². The van der Waals surface area contributed by atoms with Crippen LogP contribution in [-0.4, -0.2) is 26.8 Å². The molecule has 1 fully saturated rings. The van der Waals surface area contributed by atoms with E-state index in [1.807, 2.05) is 31.2 Å². The number of rotatable bonds is 6. The number of benzene rings is 1. The summed E-state index contributed by atoms with van der Waals surface area (Å²) < 4.78 is 1.73. The third-order valence-corrected chi connectivity index (χ3v) is 6.56. The van der Waals surface area contributed by atoms with Gasteiger partial charge in [0.2, 0.25) is 5.91 Å². The summed E-state index contributed by atoms with van der Waals surface area (Å²) in [5.74, 6) is 0.863. The molecule has 28 heavy (non-hydrogen) atoms. The lowest BCUT2D eigenvalue weighted by atomic mass is 9.86. The second kappa shape index (κ2) is 9.12. The van der Waals surface area contributed by atoms with Crippen LogP contribution in [-0.2, 0) is 11.3 Å². The summed E-state index contributed by atoms with van der Waals surface area (Å²) in [6, 6.07) is 7.67. The molecule has 0 aliphatic heterocycles. The molecule has 1 saturated carbocycles. The number of thioether (sulfide) groups is 1. The van der Waals surface area contributed by atoms with Crippen molar-refractivity contribution in [1.29, 1.82) is 0 Å². The summed E-state index contributed by atoms with van der Waals surface area (Å²) in [5, 5.41) is 4.17. The Hall–Kier alpha value is -1.82. The second-order valence-corrected chi connectivity index (χ2v) is 9.67. The van der Waals surface area contributed by atoms with Crippen LogP contribution in [0.25, 0.3) is 10.9 Å². The first-order chi connectivity index (χ1) is 13.4. The third kappa shape index (κ3) is 4.77. The van der Waals surface area contributed by atoms with Gasteiger partial charge in [-0.2, -0.15) is 0 Å². The number of para-hydroxylation sites is 1. The Bertz CT molecular complexity index is 893. The Morgan fingerprint density at radius 2 is 1.96 bits per heavy atom. The van der Waals surface area contributed by atoms with Gasteiger partial charge in [0, 0.05) is 12.6 Å². The zero-order valence-electron chi connectivity index (χ0n) is 17.3. The van der Waals surface area contributed by atoms with Gasteiger partial charge in [-0.25, -0.2) is 4.98 Å². The molecule has 6 heteroatoms. The van der Waals surface area contributed by atoms with Gasteiger partial charge in [0.15, 0.2) is 5.16 Å². The molecule has 1 N–H and O–H groups in total. The van der Waals surface area contributed by atoms with Crippen molar-refractivity contribution in [3.63, 3.8) is 0 Å². The first-order valence-corrected chi connectivity index (χ1v) is 11.2. The van der Waals surface area contributed by atoms with Crippen molar-refractivity contribution < 1.29 is 4.79 Å². The molecule has 0 spiro atoms. The van der Waals surface area contributed by atoms with E-state index in [0.29, 0.717) is 34.4 Å².